The summed E-state index contributed by atoms with van der Waals surface area (Å²) in [6.07, 6.45) is 2.44. The number of benzene rings is 1. The Kier molecular flexibility index (Phi) is 6.20. The van der Waals surface area contributed by atoms with Crippen molar-refractivity contribution in [3.05, 3.63) is 63.3 Å². The number of likely N-dealkylation sites (tertiary alicyclic amines) is 1. The van der Waals surface area contributed by atoms with Gasteiger partial charge in [-0.2, -0.15) is 0 Å². The van der Waals surface area contributed by atoms with Crippen LogP contribution >= 0.6 is 22.7 Å². The maximum absolute atomic E-state index is 12.6. The SMILES string of the molecule is Cc1nc(-c2cccs2)c(CC(=O)NC2CCN(Cc3ccccc3)CC2)s1. The molecule has 1 fully saturated rings. The minimum Gasteiger partial charge on any atom is -0.353 e. The van der Waals surface area contributed by atoms with Crippen molar-refractivity contribution in [1.82, 2.24) is 15.2 Å². The summed E-state index contributed by atoms with van der Waals surface area (Å²) in [5, 5.41) is 6.32. The molecular formula is C22H25N3OS2. The Morgan fingerprint density at radius 2 is 1.96 bits per heavy atom. The molecule has 4 nitrogen and oxygen atoms in total. The molecule has 1 aromatic carbocycles. The minimum atomic E-state index is 0.114. The van der Waals surface area contributed by atoms with Gasteiger partial charge in [-0.1, -0.05) is 36.4 Å². The van der Waals surface area contributed by atoms with Crippen LogP contribution in [0.25, 0.3) is 10.6 Å². The highest BCUT2D eigenvalue weighted by Gasteiger charge is 2.22. The number of amides is 1. The molecule has 6 heteroatoms. The summed E-state index contributed by atoms with van der Waals surface area (Å²) in [5.74, 6) is 0.114. The molecule has 4 rings (SSSR count). The van der Waals surface area contributed by atoms with Gasteiger partial charge in [0.15, 0.2) is 0 Å². The summed E-state index contributed by atoms with van der Waals surface area (Å²) in [6, 6.07) is 15.0. The molecule has 1 saturated heterocycles. The van der Waals surface area contributed by atoms with Gasteiger partial charge in [-0.3, -0.25) is 9.69 Å². The molecule has 0 aliphatic carbocycles. The molecule has 1 aliphatic rings. The average molecular weight is 412 g/mol. The molecule has 0 unspecified atom stereocenters. The highest BCUT2D eigenvalue weighted by molar-refractivity contribution is 7.15. The van der Waals surface area contributed by atoms with Crippen molar-refractivity contribution in [1.29, 1.82) is 0 Å². The third-order valence-corrected chi connectivity index (χ3v) is 6.93. The summed E-state index contributed by atoms with van der Waals surface area (Å²) < 4.78 is 0. The molecule has 0 saturated carbocycles. The van der Waals surface area contributed by atoms with Gasteiger partial charge in [-0.15, -0.1) is 22.7 Å². The molecule has 3 heterocycles. The van der Waals surface area contributed by atoms with Crippen molar-refractivity contribution in [3.8, 4) is 10.6 Å². The van der Waals surface area contributed by atoms with E-state index in [0.29, 0.717) is 6.42 Å². The maximum Gasteiger partial charge on any atom is 0.225 e. The van der Waals surface area contributed by atoms with Crippen LogP contribution in [0, 0.1) is 6.92 Å². The van der Waals surface area contributed by atoms with Crippen molar-refractivity contribution in [3.63, 3.8) is 0 Å². The second kappa shape index (κ2) is 8.99. The number of rotatable bonds is 6. The third-order valence-electron chi connectivity index (χ3n) is 5.08. The number of thiophene rings is 1. The van der Waals surface area contributed by atoms with Gasteiger partial charge in [-0.25, -0.2) is 4.98 Å². The van der Waals surface area contributed by atoms with E-state index in [1.165, 1.54) is 5.56 Å². The second-order valence-corrected chi connectivity index (χ2v) is 9.50. The van der Waals surface area contributed by atoms with Crippen molar-refractivity contribution < 1.29 is 4.79 Å². The van der Waals surface area contributed by atoms with Crippen LogP contribution in [0.15, 0.2) is 47.8 Å². The number of carbonyl (C=O) groups is 1. The number of carbonyl (C=O) groups excluding carboxylic acids is 1. The van der Waals surface area contributed by atoms with E-state index in [1.54, 1.807) is 22.7 Å². The smallest absolute Gasteiger partial charge is 0.225 e. The zero-order valence-electron chi connectivity index (χ0n) is 16.1. The fraction of sp³-hybridized carbons (Fsp3) is 0.364. The molecule has 2 aromatic heterocycles. The quantitative estimate of drug-likeness (QED) is 0.649. The maximum atomic E-state index is 12.6. The Labute approximate surface area is 174 Å². The molecule has 146 valence electrons. The molecular weight excluding hydrogens is 386 g/mol. The number of aryl methyl sites for hydroxylation is 1. The Morgan fingerprint density at radius 1 is 1.18 bits per heavy atom. The zero-order valence-corrected chi connectivity index (χ0v) is 17.7. The van der Waals surface area contributed by atoms with Gasteiger partial charge in [0.1, 0.15) is 0 Å². The van der Waals surface area contributed by atoms with Gasteiger partial charge in [0.25, 0.3) is 0 Å². The summed E-state index contributed by atoms with van der Waals surface area (Å²) in [7, 11) is 0. The van der Waals surface area contributed by atoms with Gasteiger partial charge in [0, 0.05) is 30.6 Å². The summed E-state index contributed by atoms with van der Waals surface area (Å²) >= 11 is 3.31. The van der Waals surface area contributed by atoms with Crippen LogP contribution in [0.1, 0.15) is 28.3 Å². The van der Waals surface area contributed by atoms with Crippen molar-refractivity contribution in [2.75, 3.05) is 13.1 Å². The zero-order chi connectivity index (χ0) is 19.3. The molecule has 0 bridgehead atoms. The highest BCUT2D eigenvalue weighted by atomic mass is 32.1. The first kappa shape index (κ1) is 19.3. The van der Waals surface area contributed by atoms with Gasteiger partial charge in [0.2, 0.25) is 5.91 Å². The predicted octanol–water partition coefficient (Wildman–Crippen LogP) is 4.50. The number of nitrogens with one attached hydrogen (secondary N) is 1. The number of hydrogen-bond donors (Lipinski definition) is 1. The molecule has 28 heavy (non-hydrogen) atoms. The van der Waals surface area contributed by atoms with E-state index in [1.807, 2.05) is 13.0 Å². The lowest BCUT2D eigenvalue weighted by Gasteiger charge is -2.32. The van der Waals surface area contributed by atoms with Crippen molar-refractivity contribution in [2.45, 2.75) is 38.8 Å². The number of hydrogen-bond acceptors (Lipinski definition) is 5. The largest absolute Gasteiger partial charge is 0.353 e. The molecule has 0 spiro atoms. The number of nitrogens with zero attached hydrogens (tertiary/aromatic N) is 2. The average Bonchev–Trinajstić information content (AvgIpc) is 3.34. The van der Waals surface area contributed by atoms with Crippen LogP contribution in [-0.4, -0.2) is 34.9 Å². The van der Waals surface area contributed by atoms with E-state index in [-0.39, 0.29) is 11.9 Å². The molecule has 1 N–H and O–H groups in total. The lowest BCUT2D eigenvalue weighted by atomic mass is 10.0. The Morgan fingerprint density at radius 3 is 2.68 bits per heavy atom. The summed E-state index contributed by atoms with van der Waals surface area (Å²) in [6.45, 7) is 5.05. The van der Waals surface area contributed by atoms with Crippen molar-refractivity contribution >= 4 is 28.6 Å². The first-order valence-corrected chi connectivity index (χ1v) is 11.4. The van der Waals surface area contributed by atoms with Gasteiger partial charge >= 0.3 is 0 Å². The molecule has 0 radical (unpaired) electrons. The Balaban J connectivity index is 1.29. The standard InChI is InChI=1S/C22H25N3OS2/c1-16-23-22(19-8-5-13-27-19)20(28-16)14-21(26)24-18-9-11-25(12-10-18)15-17-6-3-2-4-7-17/h2-8,13,18H,9-12,14-15H2,1H3,(H,24,26). The number of thiazole rings is 1. The van der Waals surface area contributed by atoms with Gasteiger partial charge < -0.3 is 5.32 Å². The van der Waals surface area contributed by atoms with Crippen LogP contribution < -0.4 is 5.32 Å². The number of piperidine rings is 1. The van der Waals surface area contributed by atoms with Crippen LogP contribution in [0.3, 0.4) is 0 Å². The second-order valence-electron chi connectivity index (χ2n) is 7.26. The van der Waals surface area contributed by atoms with E-state index in [4.69, 9.17) is 0 Å². The fourth-order valence-corrected chi connectivity index (χ4v) is 5.45. The van der Waals surface area contributed by atoms with Crippen LogP contribution in [0.2, 0.25) is 0 Å². The topological polar surface area (TPSA) is 45.2 Å². The molecule has 3 aromatic rings. The normalized spacial score (nSPS) is 15.6. The van der Waals surface area contributed by atoms with Crippen LogP contribution in [0.4, 0.5) is 0 Å². The molecule has 0 atom stereocenters. The summed E-state index contributed by atoms with van der Waals surface area (Å²) in [5.41, 5.74) is 2.33. The highest BCUT2D eigenvalue weighted by Crippen LogP contribution is 2.31. The fourth-order valence-electron chi connectivity index (χ4n) is 3.70. The van der Waals surface area contributed by atoms with E-state index in [9.17, 15) is 4.79 Å². The molecule has 1 aliphatic heterocycles. The van der Waals surface area contributed by atoms with Crippen LogP contribution in [-0.2, 0) is 17.8 Å². The van der Waals surface area contributed by atoms with E-state index < -0.39 is 0 Å². The van der Waals surface area contributed by atoms with E-state index >= 15 is 0 Å². The first-order valence-electron chi connectivity index (χ1n) is 9.73. The van der Waals surface area contributed by atoms with Gasteiger partial charge in [-0.05, 0) is 36.8 Å². The first-order chi connectivity index (χ1) is 13.7. The lowest BCUT2D eigenvalue weighted by Crippen LogP contribution is -2.44. The minimum absolute atomic E-state index is 0.114. The number of aromatic nitrogens is 1. The van der Waals surface area contributed by atoms with Crippen LogP contribution in [0.5, 0.6) is 0 Å². The van der Waals surface area contributed by atoms with E-state index in [2.05, 4.69) is 57.0 Å². The summed E-state index contributed by atoms with van der Waals surface area (Å²) in [4.78, 5) is 22.0. The Hall–Kier alpha value is -2.02. The van der Waals surface area contributed by atoms with Crippen molar-refractivity contribution in [2.24, 2.45) is 0 Å². The lowest BCUT2D eigenvalue weighted by molar-refractivity contribution is -0.121. The monoisotopic (exact) mass is 411 g/mol. The third kappa shape index (κ3) is 4.87. The Bertz CT molecular complexity index is 897. The molecule has 1 amide bonds. The van der Waals surface area contributed by atoms with Gasteiger partial charge in [0.05, 0.1) is 22.0 Å². The predicted molar refractivity (Wildman–Crippen MR) is 117 cm³/mol. The van der Waals surface area contributed by atoms with E-state index in [0.717, 1.165) is 52.9 Å².